The van der Waals surface area contributed by atoms with Crippen LogP contribution in [-0.2, 0) is 12.7 Å². The molecule has 2 N–H and O–H groups in total. The average molecular weight is 324 g/mol. The number of halogens is 3. The van der Waals surface area contributed by atoms with Gasteiger partial charge >= 0.3 is 6.18 Å². The quantitative estimate of drug-likeness (QED) is 0.864. The summed E-state index contributed by atoms with van der Waals surface area (Å²) < 4.78 is 38.9. The Morgan fingerprint density at radius 2 is 1.83 bits per heavy atom. The number of anilines is 2. The van der Waals surface area contributed by atoms with Crippen LogP contribution in [-0.4, -0.2) is 16.0 Å². The molecule has 1 aromatic carbocycles. The molecule has 1 aromatic heterocycles. The minimum Gasteiger partial charge on any atom is -0.366 e. The zero-order valence-corrected chi connectivity index (χ0v) is 13.2. The Bertz CT molecular complexity index is 669. The molecule has 23 heavy (non-hydrogen) atoms. The summed E-state index contributed by atoms with van der Waals surface area (Å²) in [6, 6.07) is 8.52. The highest BCUT2D eigenvalue weighted by Crippen LogP contribution is 2.30. The topological polar surface area (TPSA) is 49.8 Å². The molecule has 0 saturated carbocycles. The van der Waals surface area contributed by atoms with Crippen molar-refractivity contribution in [3.05, 3.63) is 47.2 Å². The number of hydrogen-bond acceptors (Lipinski definition) is 4. The lowest BCUT2D eigenvalue weighted by Crippen LogP contribution is -2.17. The lowest BCUT2D eigenvalue weighted by molar-refractivity contribution is -0.141. The molecule has 2 rings (SSSR count). The van der Waals surface area contributed by atoms with E-state index in [1.807, 2.05) is 45.0 Å². The highest BCUT2D eigenvalue weighted by Gasteiger charge is 2.33. The predicted octanol–water partition coefficient (Wildman–Crippen LogP) is 4.24. The van der Waals surface area contributed by atoms with Gasteiger partial charge in [-0.15, -0.1) is 0 Å². The molecular weight excluding hydrogens is 305 g/mol. The van der Waals surface area contributed by atoms with Crippen LogP contribution >= 0.6 is 0 Å². The summed E-state index contributed by atoms with van der Waals surface area (Å²) >= 11 is 0. The van der Waals surface area contributed by atoms with Crippen molar-refractivity contribution >= 4 is 11.8 Å². The fourth-order valence-electron chi connectivity index (χ4n) is 2.00. The number of nitrogens with one attached hydrogen (secondary N) is 2. The SMILES string of the molecule is Cc1ccccc1CNc1cc(C(F)(F)F)nc(NC(C)C)n1. The number of hydrogen-bond donors (Lipinski definition) is 2. The molecule has 0 aliphatic heterocycles. The summed E-state index contributed by atoms with van der Waals surface area (Å²) in [4.78, 5) is 7.63. The van der Waals surface area contributed by atoms with Crippen LogP contribution < -0.4 is 10.6 Å². The van der Waals surface area contributed by atoms with Gasteiger partial charge in [0.15, 0.2) is 5.69 Å². The molecule has 0 radical (unpaired) electrons. The second-order valence-corrected chi connectivity index (χ2v) is 5.54. The highest BCUT2D eigenvalue weighted by atomic mass is 19.4. The largest absolute Gasteiger partial charge is 0.433 e. The second-order valence-electron chi connectivity index (χ2n) is 5.54. The zero-order valence-electron chi connectivity index (χ0n) is 13.2. The van der Waals surface area contributed by atoms with Crippen molar-refractivity contribution < 1.29 is 13.2 Å². The minimum absolute atomic E-state index is 0.0397. The number of benzene rings is 1. The van der Waals surface area contributed by atoms with Crippen molar-refractivity contribution in [2.45, 2.75) is 39.5 Å². The van der Waals surface area contributed by atoms with Crippen LogP contribution in [0.3, 0.4) is 0 Å². The maximum Gasteiger partial charge on any atom is 0.433 e. The van der Waals surface area contributed by atoms with E-state index in [2.05, 4.69) is 20.6 Å². The summed E-state index contributed by atoms with van der Waals surface area (Å²) in [5.41, 5.74) is 1.09. The molecular formula is C16H19F3N4. The van der Waals surface area contributed by atoms with Crippen LogP contribution in [0, 0.1) is 6.92 Å². The Kier molecular flexibility index (Phi) is 5.08. The predicted molar refractivity (Wildman–Crippen MR) is 84.3 cm³/mol. The van der Waals surface area contributed by atoms with E-state index in [0.717, 1.165) is 17.2 Å². The molecule has 7 heteroatoms. The standard InChI is InChI=1S/C16H19F3N4/c1-10(2)21-15-22-13(16(17,18)19)8-14(23-15)20-9-12-7-5-4-6-11(12)3/h4-8,10H,9H2,1-3H3,(H2,20,21,22,23). The normalized spacial score (nSPS) is 11.6. The molecule has 1 heterocycles. The van der Waals surface area contributed by atoms with Crippen molar-refractivity contribution in [3.8, 4) is 0 Å². The highest BCUT2D eigenvalue weighted by molar-refractivity contribution is 5.44. The van der Waals surface area contributed by atoms with E-state index < -0.39 is 11.9 Å². The fraction of sp³-hybridized carbons (Fsp3) is 0.375. The van der Waals surface area contributed by atoms with Crippen molar-refractivity contribution in [1.82, 2.24) is 9.97 Å². The van der Waals surface area contributed by atoms with Gasteiger partial charge in [-0.2, -0.15) is 18.2 Å². The van der Waals surface area contributed by atoms with Crippen LogP contribution in [0.4, 0.5) is 24.9 Å². The van der Waals surface area contributed by atoms with Gasteiger partial charge in [-0.1, -0.05) is 24.3 Å². The molecule has 2 aromatic rings. The number of aromatic nitrogens is 2. The first-order valence-electron chi connectivity index (χ1n) is 7.27. The lowest BCUT2D eigenvalue weighted by atomic mass is 10.1. The van der Waals surface area contributed by atoms with Gasteiger partial charge in [-0.05, 0) is 31.9 Å². The van der Waals surface area contributed by atoms with Crippen molar-refractivity contribution in [2.75, 3.05) is 10.6 Å². The van der Waals surface area contributed by atoms with Crippen LogP contribution in [0.1, 0.15) is 30.7 Å². The minimum atomic E-state index is -4.52. The Balaban J connectivity index is 2.24. The third-order valence-electron chi connectivity index (χ3n) is 3.16. The summed E-state index contributed by atoms with van der Waals surface area (Å²) in [6.07, 6.45) is -4.52. The molecule has 0 aliphatic carbocycles. The molecule has 0 saturated heterocycles. The average Bonchev–Trinajstić information content (AvgIpc) is 2.44. The van der Waals surface area contributed by atoms with Gasteiger partial charge in [-0.3, -0.25) is 0 Å². The van der Waals surface area contributed by atoms with E-state index >= 15 is 0 Å². The molecule has 0 atom stereocenters. The van der Waals surface area contributed by atoms with Crippen molar-refractivity contribution in [1.29, 1.82) is 0 Å². The van der Waals surface area contributed by atoms with E-state index in [-0.39, 0.29) is 17.8 Å². The van der Waals surface area contributed by atoms with E-state index in [1.165, 1.54) is 0 Å². The number of alkyl halides is 3. The molecule has 0 fully saturated rings. The van der Waals surface area contributed by atoms with Crippen LogP contribution in [0.15, 0.2) is 30.3 Å². The maximum absolute atomic E-state index is 13.0. The Morgan fingerprint density at radius 3 is 2.43 bits per heavy atom. The molecule has 0 bridgehead atoms. The van der Waals surface area contributed by atoms with Gasteiger partial charge < -0.3 is 10.6 Å². The monoisotopic (exact) mass is 324 g/mol. The van der Waals surface area contributed by atoms with Crippen LogP contribution in [0.25, 0.3) is 0 Å². The summed E-state index contributed by atoms with van der Waals surface area (Å²) in [5.74, 6) is 0.0980. The van der Waals surface area contributed by atoms with E-state index in [1.54, 1.807) is 0 Å². The molecule has 124 valence electrons. The van der Waals surface area contributed by atoms with E-state index in [4.69, 9.17) is 0 Å². The van der Waals surface area contributed by atoms with Crippen molar-refractivity contribution in [2.24, 2.45) is 0 Å². The van der Waals surface area contributed by atoms with Gasteiger partial charge in [0.05, 0.1) is 0 Å². The van der Waals surface area contributed by atoms with Crippen LogP contribution in [0.2, 0.25) is 0 Å². The first kappa shape index (κ1) is 17.1. The summed E-state index contributed by atoms with van der Waals surface area (Å²) in [7, 11) is 0. The number of rotatable bonds is 5. The van der Waals surface area contributed by atoms with Crippen LogP contribution in [0.5, 0.6) is 0 Å². The molecule has 0 aliphatic rings. The summed E-state index contributed by atoms with van der Waals surface area (Å²) in [5, 5.41) is 5.74. The van der Waals surface area contributed by atoms with Crippen molar-refractivity contribution in [3.63, 3.8) is 0 Å². The first-order valence-corrected chi connectivity index (χ1v) is 7.27. The smallest absolute Gasteiger partial charge is 0.366 e. The molecule has 0 unspecified atom stereocenters. The number of aryl methyl sites for hydroxylation is 1. The Labute approximate surface area is 133 Å². The zero-order chi connectivity index (χ0) is 17.0. The molecule has 4 nitrogen and oxygen atoms in total. The Hall–Kier alpha value is -2.31. The van der Waals surface area contributed by atoms with Gasteiger partial charge in [0.1, 0.15) is 5.82 Å². The van der Waals surface area contributed by atoms with Gasteiger partial charge in [0.25, 0.3) is 0 Å². The van der Waals surface area contributed by atoms with E-state index in [0.29, 0.717) is 6.54 Å². The third-order valence-corrected chi connectivity index (χ3v) is 3.16. The van der Waals surface area contributed by atoms with Gasteiger partial charge in [0.2, 0.25) is 5.95 Å². The maximum atomic E-state index is 13.0. The molecule has 0 spiro atoms. The van der Waals surface area contributed by atoms with Gasteiger partial charge in [0, 0.05) is 18.7 Å². The molecule has 0 amide bonds. The second kappa shape index (κ2) is 6.85. The summed E-state index contributed by atoms with van der Waals surface area (Å²) in [6.45, 7) is 5.96. The third kappa shape index (κ3) is 4.84. The van der Waals surface area contributed by atoms with Gasteiger partial charge in [-0.25, -0.2) is 4.98 Å². The first-order chi connectivity index (χ1) is 10.8. The number of nitrogens with zero attached hydrogens (tertiary/aromatic N) is 2. The Morgan fingerprint density at radius 1 is 1.13 bits per heavy atom. The fourth-order valence-corrected chi connectivity index (χ4v) is 2.00. The lowest BCUT2D eigenvalue weighted by Gasteiger charge is -2.14. The van der Waals surface area contributed by atoms with E-state index in [9.17, 15) is 13.2 Å².